The van der Waals surface area contributed by atoms with Crippen LogP contribution in [0.2, 0.25) is 0 Å². The highest BCUT2D eigenvalue weighted by molar-refractivity contribution is 5.85. The minimum absolute atomic E-state index is 0. The fourth-order valence-electron chi connectivity index (χ4n) is 3.01. The van der Waals surface area contributed by atoms with E-state index in [-0.39, 0.29) is 30.3 Å². The number of nitrogens with zero attached hydrogens (tertiary/aromatic N) is 1. The minimum Gasteiger partial charge on any atom is -0.497 e. The van der Waals surface area contributed by atoms with E-state index in [1.807, 2.05) is 36.1 Å². The molecule has 2 rings (SSSR count). The highest BCUT2D eigenvalue weighted by Crippen LogP contribution is 2.25. The van der Waals surface area contributed by atoms with E-state index in [1.165, 1.54) is 0 Å². The van der Waals surface area contributed by atoms with Crippen LogP contribution in [-0.4, -0.2) is 30.5 Å². The van der Waals surface area contributed by atoms with E-state index in [4.69, 9.17) is 10.5 Å². The summed E-state index contributed by atoms with van der Waals surface area (Å²) in [6, 6.07) is 8.09. The van der Waals surface area contributed by atoms with Crippen molar-refractivity contribution < 1.29 is 9.53 Å². The predicted molar refractivity (Wildman–Crippen MR) is 91.3 cm³/mol. The second-order valence-corrected chi connectivity index (χ2v) is 5.82. The Hall–Kier alpha value is -1.26. The third kappa shape index (κ3) is 4.89. The van der Waals surface area contributed by atoms with Crippen LogP contribution in [0.25, 0.3) is 0 Å². The van der Waals surface area contributed by atoms with Gasteiger partial charge in [0.25, 0.3) is 0 Å². The molecule has 0 bridgehead atoms. The molecule has 1 amide bonds. The second kappa shape index (κ2) is 9.01. The molecule has 1 aromatic rings. The zero-order valence-electron chi connectivity index (χ0n) is 13.5. The van der Waals surface area contributed by atoms with Crippen LogP contribution in [0.4, 0.5) is 0 Å². The van der Waals surface area contributed by atoms with Gasteiger partial charge in [0.2, 0.25) is 5.91 Å². The fraction of sp³-hybridized carbons (Fsp3) is 0.588. The fourth-order valence-corrected chi connectivity index (χ4v) is 3.01. The molecule has 0 spiro atoms. The van der Waals surface area contributed by atoms with Gasteiger partial charge in [0.05, 0.1) is 7.11 Å². The van der Waals surface area contributed by atoms with Gasteiger partial charge in [-0.25, -0.2) is 0 Å². The van der Waals surface area contributed by atoms with Crippen molar-refractivity contribution in [1.82, 2.24) is 4.90 Å². The van der Waals surface area contributed by atoms with Crippen molar-refractivity contribution in [1.29, 1.82) is 0 Å². The monoisotopic (exact) mass is 326 g/mol. The summed E-state index contributed by atoms with van der Waals surface area (Å²) in [5.74, 6) is 1.20. The maximum absolute atomic E-state index is 12.6. The van der Waals surface area contributed by atoms with E-state index in [0.717, 1.165) is 43.5 Å². The standard InChI is InChI=1S/C17H26N2O2.ClH/c1-3-19(12-13-7-9-16(21-2)10-8-13)17(20)14-5-4-6-15(18)11-14;/h7-10,14-15H,3-6,11-12,18H2,1-2H3;1H. The van der Waals surface area contributed by atoms with Gasteiger partial charge in [-0.3, -0.25) is 4.79 Å². The smallest absolute Gasteiger partial charge is 0.226 e. The van der Waals surface area contributed by atoms with Crippen LogP contribution in [-0.2, 0) is 11.3 Å². The van der Waals surface area contributed by atoms with Gasteiger partial charge < -0.3 is 15.4 Å². The molecule has 0 radical (unpaired) electrons. The molecule has 0 aliphatic heterocycles. The molecule has 0 saturated heterocycles. The molecule has 1 saturated carbocycles. The molecule has 2 unspecified atom stereocenters. The van der Waals surface area contributed by atoms with Gasteiger partial charge in [0.15, 0.2) is 0 Å². The molecular weight excluding hydrogens is 300 g/mol. The minimum atomic E-state index is 0. The average Bonchev–Trinajstić information content (AvgIpc) is 2.52. The lowest BCUT2D eigenvalue weighted by molar-refractivity contribution is -0.137. The summed E-state index contributed by atoms with van der Waals surface area (Å²) < 4.78 is 5.16. The topological polar surface area (TPSA) is 55.6 Å². The highest BCUT2D eigenvalue weighted by Gasteiger charge is 2.28. The second-order valence-electron chi connectivity index (χ2n) is 5.82. The van der Waals surface area contributed by atoms with Crippen LogP contribution in [0.3, 0.4) is 0 Å². The lowest BCUT2D eigenvalue weighted by Gasteiger charge is -2.31. The predicted octanol–water partition coefficient (Wildman–Crippen LogP) is 2.98. The Morgan fingerprint density at radius 2 is 2.00 bits per heavy atom. The summed E-state index contributed by atoms with van der Waals surface area (Å²) >= 11 is 0. The van der Waals surface area contributed by atoms with Crippen molar-refractivity contribution in [3.63, 3.8) is 0 Å². The third-order valence-electron chi connectivity index (χ3n) is 4.29. The molecule has 22 heavy (non-hydrogen) atoms. The first kappa shape index (κ1) is 18.8. The van der Waals surface area contributed by atoms with Crippen LogP contribution in [0.5, 0.6) is 5.75 Å². The third-order valence-corrected chi connectivity index (χ3v) is 4.29. The number of hydrogen-bond acceptors (Lipinski definition) is 3. The lowest BCUT2D eigenvalue weighted by atomic mass is 9.85. The molecule has 0 aromatic heterocycles. The number of halogens is 1. The van der Waals surface area contributed by atoms with Gasteiger partial charge in [-0.15, -0.1) is 12.4 Å². The van der Waals surface area contributed by atoms with Gasteiger partial charge in [-0.05, 0) is 43.9 Å². The van der Waals surface area contributed by atoms with Gasteiger partial charge in [-0.2, -0.15) is 0 Å². The number of hydrogen-bond donors (Lipinski definition) is 1. The SMILES string of the molecule is CCN(Cc1ccc(OC)cc1)C(=O)C1CCCC(N)C1.Cl. The number of benzene rings is 1. The summed E-state index contributed by atoms with van der Waals surface area (Å²) in [5.41, 5.74) is 7.14. The van der Waals surface area contributed by atoms with Gasteiger partial charge in [0, 0.05) is 25.0 Å². The summed E-state index contributed by atoms with van der Waals surface area (Å²) in [6.07, 6.45) is 3.93. The van der Waals surface area contributed by atoms with Crippen molar-refractivity contribution in [2.75, 3.05) is 13.7 Å². The van der Waals surface area contributed by atoms with Gasteiger partial charge in [-0.1, -0.05) is 18.6 Å². The highest BCUT2D eigenvalue weighted by atomic mass is 35.5. The molecule has 5 heteroatoms. The van der Waals surface area contributed by atoms with Gasteiger partial charge >= 0.3 is 0 Å². The Bertz CT molecular complexity index is 464. The van der Waals surface area contributed by atoms with Crippen molar-refractivity contribution in [2.45, 2.75) is 45.2 Å². The summed E-state index contributed by atoms with van der Waals surface area (Å²) in [4.78, 5) is 14.6. The number of carbonyl (C=O) groups is 1. The zero-order valence-corrected chi connectivity index (χ0v) is 14.3. The van der Waals surface area contributed by atoms with Crippen LogP contribution in [0, 0.1) is 5.92 Å². The average molecular weight is 327 g/mol. The molecule has 0 heterocycles. The van der Waals surface area contributed by atoms with E-state index in [0.29, 0.717) is 6.54 Å². The molecule has 2 atom stereocenters. The first-order valence-electron chi connectivity index (χ1n) is 7.81. The first-order chi connectivity index (χ1) is 10.1. The summed E-state index contributed by atoms with van der Waals surface area (Å²) in [7, 11) is 1.66. The molecule has 1 fully saturated rings. The van der Waals surface area contributed by atoms with Gasteiger partial charge in [0.1, 0.15) is 5.75 Å². The maximum atomic E-state index is 12.6. The van der Waals surface area contributed by atoms with Crippen molar-refractivity contribution in [2.24, 2.45) is 11.7 Å². The van der Waals surface area contributed by atoms with E-state index >= 15 is 0 Å². The Kier molecular flexibility index (Phi) is 7.69. The number of carbonyl (C=O) groups excluding carboxylic acids is 1. The normalized spacial score (nSPS) is 20.9. The van der Waals surface area contributed by atoms with E-state index < -0.39 is 0 Å². The number of methoxy groups -OCH3 is 1. The van der Waals surface area contributed by atoms with Crippen LogP contribution in [0.1, 0.15) is 38.2 Å². The maximum Gasteiger partial charge on any atom is 0.226 e. The Morgan fingerprint density at radius 3 is 2.55 bits per heavy atom. The molecule has 124 valence electrons. The van der Waals surface area contributed by atoms with E-state index in [9.17, 15) is 4.79 Å². The number of rotatable bonds is 5. The van der Waals surface area contributed by atoms with Crippen molar-refractivity contribution in [3.05, 3.63) is 29.8 Å². The largest absolute Gasteiger partial charge is 0.497 e. The summed E-state index contributed by atoms with van der Waals surface area (Å²) in [6.45, 7) is 3.42. The number of amides is 1. The Labute approximate surface area is 139 Å². The summed E-state index contributed by atoms with van der Waals surface area (Å²) in [5, 5.41) is 0. The quantitative estimate of drug-likeness (QED) is 0.905. The molecule has 1 aliphatic carbocycles. The van der Waals surface area contributed by atoms with Crippen LogP contribution < -0.4 is 10.5 Å². The molecule has 1 aliphatic rings. The molecule has 1 aromatic carbocycles. The zero-order chi connectivity index (χ0) is 15.2. The van der Waals surface area contributed by atoms with Crippen LogP contribution >= 0.6 is 12.4 Å². The van der Waals surface area contributed by atoms with Crippen molar-refractivity contribution in [3.8, 4) is 5.75 Å². The van der Waals surface area contributed by atoms with E-state index in [1.54, 1.807) is 7.11 Å². The first-order valence-corrected chi connectivity index (χ1v) is 7.81. The number of nitrogens with two attached hydrogens (primary N) is 1. The Morgan fingerprint density at radius 1 is 1.32 bits per heavy atom. The molecule has 4 nitrogen and oxygen atoms in total. The van der Waals surface area contributed by atoms with E-state index in [2.05, 4.69) is 0 Å². The van der Waals surface area contributed by atoms with Crippen molar-refractivity contribution >= 4 is 18.3 Å². The Balaban J connectivity index is 0.00000242. The molecular formula is C17H27ClN2O2. The number of ether oxygens (including phenoxy) is 1. The lowest BCUT2D eigenvalue weighted by Crippen LogP contribution is -2.40. The van der Waals surface area contributed by atoms with Crippen LogP contribution in [0.15, 0.2) is 24.3 Å². The molecule has 2 N–H and O–H groups in total.